The number of amides is 1. The number of halogens is 3. The van der Waals surface area contributed by atoms with Crippen LogP contribution in [0.1, 0.15) is 23.0 Å². The van der Waals surface area contributed by atoms with Gasteiger partial charge in [0.1, 0.15) is 11.4 Å². The first-order valence-corrected chi connectivity index (χ1v) is 12.3. The predicted octanol–water partition coefficient (Wildman–Crippen LogP) is 3.94. The zero-order valence-corrected chi connectivity index (χ0v) is 18.9. The van der Waals surface area contributed by atoms with Crippen LogP contribution in [-0.2, 0) is 10.0 Å². The SMILES string of the molecule is CS(=O)(=O)NCCC1CNC(=O)c2cc(-c3cccc(OC(F)(F)F)c3)c(-c3ccccc3)n21. The van der Waals surface area contributed by atoms with Crippen molar-refractivity contribution in [3.8, 4) is 28.1 Å². The predicted molar refractivity (Wildman–Crippen MR) is 121 cm³/mol. The van der Waals surface area contributed by atoms with Crippen LogP contribution >= 0.6 is 0 Å². The van der Waals surface area contributed by atoms with Crippen molar-refractivity contribution in [1.82, 2.24) is 14.6 Å². The van der Waals surface area contributed by atoms with E-state index in [-0.39, 0.29) is 30.8 Å². The molecule has 2 aromatic carbocycles. The first-order chi connectivity index (χ1) is 16.0. The van der Waals surface area contributed by atoms with E-state index in [1.165, 1.54) is 18.2 Å². The third-order valence-electron chi connectivity index (χ3n) is 5.40. The van der Waals surface area contributed by atoms with Gasteiger partial charge in [0.2, 0.25) is 10.0 Å². The first kappa shape index (κ1) is 23.8. The quantitative estimate of drug-likeness (QED) is 0.522. The van der Waals surface area contributed by atoms with Gasteiger partial charge in [0.25, 0.3) is 5.91 Å². The van der Waals surface area contributed by atoms with Gasteiger partial charge in [-0.3, -0.25) is 4.79 Å². The molecule has 3 aromatic rings. The number of fused-ring (bicyclic) bond motifs is 1. The molecule has 1 unspecified atom stereocenters. The minimum absolute atomic E-state index is 0.162. The molecule has 0 saturated carbocycles. The van der Waals surface area contributed by atoms with Gasteiger partial charge in [-0.2, -0.15) is 0 Å². The lowest BCUT2D eigenvalue weighted by Crippen LogP contribution is -2.40. The summed E-state index contributed by atoms with van der Waals surface area (Å²) in [7, 11) is -3.39. The molecule has 34 heavy (non-hydrogen) atoms. The van der Waals surface area contributed by atoms with E-state index in [0.29, 0.717) is 28.9 Å². The molecule has 0 radical (unpaired) electrons. The fourth-order valence-corrected chi connectivity index (χ4v) is 4.57. The zero-order valence-electron chi connectivity index (χ0n) is 18.1. The third-order valence-corrected chi connectivity index (χ3v) is 6.13. The van der Waals surface area contributed by atoms with Crippen LogP contribution in [0.5, 0.6) is 5.75 Å². The molecular formula is C23H22F3N3O4S. The van der Waals surface area contributed by atoms with Gasteiger partial charge in [-0.25, -0.2) is 13.1 Å². The number of hydrogen-bond acceptors (Lipinski definition) is 4. The average Bonchev–Trinajstić information content (AvgIpc) is 3.16. The van der Waals surface area contributed by atoms with Gasteiger partial charge >= 0.3 is 6.36 Å². The number of carbonyl (C=O) groups excluding carboxylic acids is 1. The standard InChI is InChI=1S/C23H22F3N3O4S/c1-34(31,32)28-11-10-17-14-27-22(30)20-13-19(21(29(17)20)15-6-3-2-4-7-15)16-8-5-9-18(12-16)33-23(24,25)26/h2-9,12-13,17,28H,10-11,14H2,1H3,(H,27,30). The fraction of sp³-hybridized carbons (Fsp3) is 0.261. The molecule has 1 aromatic heterocycles. The van der Waals surface area contributed by atoms with Gasteiger partial charge in [0.05, 0.1) is 18.0 Å². The van der Waals surface area contributed by atoms with Crippen LogP contribution < -0.4 is 14.8 Å². The summed E-state index contributed by atoms with van der Waals surface area (Å²) in [6.07, 6.45) is -3.37. The lowest BCUT2D eigenvalue weighted by molar-refractivity contribution is -0.274. The molecule has 0 aliphatic carbocycles. The number of aromatic nitrogens is 1. The number of alkyl halides is 3. The summed E-state index contributed by atoms with van der Waals surface area (Å²) in [5, 5.41) is 2.81. The number of sulfonamides is 1. The number of rotatable bonds is 7. The topological polar surface area (TPSA) is 89.4 Å². The van der Waals surface area contributed by atoms with Crippen LogP contribution in [0.4, 0.5) is 13.2 Å². The molecule has 1 amide bonds. The van der Waals surface area contributed by atoms with E-state index >= 15 is 0 Å². The second-order valence-electron chi connectivity index (χ2n) is 7.92. The molecule has 180 valence electrons. The summed E-state index contributed by atoms with van der Waals surface area (Å²) in [4.78, 5) is 12.7. The summed E-state index contributed by atoms with van der Waals surface area (Å²) in [5.74, 6) is -0.690. The molecule has 1 aliphatic heterocycles. The monoisotopic (exact) mass is 493 g/mol. The fourth-order valence-electron chi connectivity index (χ4n) is 4.08. The van der Waals surface area contributed by atoms with Crippen molar-refractivity contribution in [3.05, 3.63) is 66.4 Å². The van der Waals surface area contributed by atoms with Crippen LogP contribution in [0.25, 0.3) is 22.4 Å². The molecule has 4 rings (SSSR count). The minimum atomic E-state index is -4.83. The number of carbonyl (C=O) groups is 1. The second kappa shape index (κ2) is 9.15. The molecule has 1 atom stereocenters. The molecular weight excluding hydrogens is 471 g/mol. The van der Waals surface area contributed by atoms with Gasteiger partial charge in [0, 0.05) is 18.7 Å². The Morgan fingerprint density at radius 2 is 1.79 bits per heavy atom. The Labute approximate surface area is 194 Å². The highest BCUT2D eigenvalue weighted by Gasteiger charge is 2.33. The van der Waals surface area contributed by atoms with Gasteiger partial charge in [0.15, 0.2) is 0 Å². The molecule has 2 N–H and O–H groups in total. The van der Waals surface area contributed by atoms with E-state index in [9.17, 15) is 26.4 Å². The van der Waals surface area contributed by atoms with Crippen molar-refractivity contribution < 1.29 is 31.1 Å². The normalized spacial score (nSPS) is 16.1. The summed E-state index contributed by atoms with van der Waals surface area (Å²) in [5.41, 5.74) is 2.77. The Morgan fingerprint density at radius 3 is 2.47 bits per heavy atom. The number of nitrogens with zero attached hydrogens (tertiary/aromatic N) is 1. The molecule has 1 aliphatic rings. The smallest absolute Gasteiger partial charge is 0.406 e. The van der Waals surface area contributed by atoms with Crippen LogP contribution in [0.15, 0.2) is 60.7 Å². The Kier molecular flexibility index (Phi) is 6.41. The largest absolute Gasteiger partial charge is 0.573 e. The highest BCUT2D eigenvalue weighted by molar-refractivity contribution is 7.88. The van der Waals surface area contributed by atoms with E-state index in [0.717, 1.165) is 11.8 Å². The van der Waals surface area contributed by atoms with Gasteiger partial charge in [-0.1, -0.05) is 42.5 Å². The minimum Gasteiger partial charge on any atom is -0.406 e. The number of ether oxygens (including phenoxy) is 1. The summed E-state index contributed by atoms with van der Waals surface area (Å²) in [6, 6.07) is 16.1. The van der Waals surface area contributed by atoms with Crippen molar-refractivity contribution in [2.45, 2.75) is 18.8 Å². The van der Waals surface area contributed by atoms with Gasteiger partial charge in [-0.15, -0.1) is 13.2 Å². The lowest BCUT2D eigenvalue weighted by Gasteiger charge is -2.29. The molecule has 0 bridgehead atoms. The maximum absolute atomic E-state index is 12.8. The number of nitrogens with one attached hydrogen (secondary N) is 2. The van der Waals surface area contributed by atoms with Crippen LogP contribution in [0, 0.1) is 0 Å². The van der Waals surface area contributed by atoms with E-state index < -0.39 is 16.4 Å². The highest BCUT2D eigenvalue weighted by Crippen LogP contribution is 2.40. The Morgan fingerprint density at radius 1 is 1.09 bits per heavy atom. The average molecular weight is 494 g/mol. The highest BCUT2D eigenvalue weighted by atomic mass is 32.2. The van der Waals surface area contributed by atoms with Crippen molar-refractivity contribution in [3.63, 3.8) is 0 Å². The molecule has 0 fully saturated rings. The molecule has 7 nitrogen and oxygen atoms in total. The first-order valence-electron chi connectivity index (χ1n) is 10.4. The second-order valence-corrected chi connectivity index (χ2v) is 9.76. The maximum atomic E-state index is 12.8. The Bertz CT molecular complexity index is 1300. The zero-order chi connectivity index (χ0) is 24.5. The van der Waals surface area contributed by atoms with E-state index in [4.69, 9.17) is 0 Å². The molecule has 2 heterocycles. The van der Waals surface area contributed by atoms with Gasteiger partial charge in [-0.05, 0) is 35.7 Å². The van der Waals surface area contributed by atoms with Crippen LogP contribution in [0.2, 0.25) is 0 Å². The van der Waals surface area contributed by atoms with Crippen LogP contribution in [0.3, 0.4) is 0 Å². The van der Waals surface area contributed by atoms with Crippen molar-refractivity contribution >= 4 is 15.9 Å². The lowest BCUT2D eigenvalue weighted by atomic mass is 10.0. The van der Waals surface area contributed by atoms with Crippen molar-refractivity contribution in [2.24, 2.45) is 0 Å². The molecule has 0 spiro atoms. The molecule has 11 heteroatoms. The van der Waals surface area contributed by atoms with Crippen LogP contribution in [-0.4, -0.2) is 44.6 Å². The van der Waals surface area contributed by atoms with Crippen molar-refractivity contribution in [1.29, 1.82) is 0 Å². The number of hydrogen-bond donors (Lipinski definition) is 2. The van der Waals surface area contributed by atoms with E-state index in [1.807, 2.05) is 34.9 Å². The summed E-state index contributed by atoms with van der Waals surface area (Å²) >= 11 is 0. The molecule has 0 saturated heterocycles. The Balaban J connectivity index is 1.84. The summed E-state index contributed by atoms with van der Waals surface area (Å²) < 4.78 is 69.7. The third kappa shape index (κ3) is 5.42. The van der Waals surface area contributed by atoms with E-state index in [1.54, 1.807) is 12.1 Å². The van der Waals surface area contributed by atoms with Crippen molar-refractivity contribution in [2.75, 3.05) is 19.3 Å². The Hall–Kier alpha value is -3.31. The maximum Gasteiger partial charge on any atom is 0.573 e. The number of benzene rings is 2. The summed E-state index contributed by atoms with van der Waals surface area (Å²) in [6.45, 7) is 0.442. The van der Waals surface area contributed by atoms with Gasteiger partial charge < -0.3 is 14.6 Å². The van der Waals surface area contributed by atoms with E-state index in [2.05, 4.69) is 14.8 Å².